The summed E-state index contributed by atoms with van der Waals surface area (Å²) >= 11 is 0. The van der Waals surface area contributed by atoms with Crippen LogP contribution in [0.15, 0.2) is 18.2 Å². The van der Waals surface area contributed by atoms with E-state index < -0.39 is 17.4 Å². The fourth-order valence-electron chi connectivity index (χ4n) is 3.66. The number of ether oxygens (including phenoxy) is 1. The Kier molecular flexibility index (Phi) is 6.86. The molecule has 1 aliphatic rings. The van der Waals surface area contributed by atoms with E-state index in [1.54, 1.807) is 4.90 Å². The second kappa shape index (κ2) is 8.76. The van der Waals surface area contributed by atoms with Crippen LogP contribution in [0.3, 0.4) is 0 Å². The number of likely N-dealkylation sites (tertiary alicyclic amines) is 1. The van der Waals surface area contributed by atoms with Gasteiger partial charge in [-0.2, -0.15) is 0 Å². The number of carbonyl (C=O) groups excluding carboxylic acids is 3. The van der Waals surface area contributed by atoms with Crippen LogP contribution in [0.2, 0.25) is 0 Å². The molecule has 1 N–H and O–H groups in total. The highest BCUT2D eigenvalue weighted by atomic mass is 16.5. The summed E-state index contributed by atoms with van der Waals surface area (Å²) in [5.41, 5.74) is 2.27. The van der Waals surface area contributed by atoms with Crippen LogP contribution in [0.4, 0.5) is 0 Å². The molecule has 2 atom stereocenters. The molecular formula is C22H32N2O4. The number of hydrogen-bond donors (Lipinski definition) is 1. The quantitative estimate of drug-likeness (QED) is 0.805. The Morgan fingerprint density at radius 3 is 2.29 bits per heavy atom. The molecular weight excluding hydrogens is 356 g/mol. The maximum Gasteiger partial charge on any atom is 0.328 e. The average molecular weight is 389 g/mol. The molecule has 1 aromatic rings. The lowest BCUT2D eigenvalue weighted by atomic mass is 9.86. The number of nitrogens with one attached hydrogen (secondary N) is 1. The van der Waals surface area contributed by atoms with E-state index in [4.69, 9.17) is 4.74 Å². The SMILES string of the molecule is COC(=O)[C@H](NC(=O)[C@H]1CCCN(C(=O)c2cc(C)cc(C)c2)C1)C(C)(C)C. The van der Waals surface area contributed by atoms with Crippen molar-refractivity contribution in [1.29, 1.82) is 0 Å². The van der Waals surface area contributed by atoms with Crippen molar-refractivity contribution in [2.45, 2.75) is 53.5 Å². The molecule has 0 saturated carbocycles. The van der Waals surface area contributed by atoms with Crippen molar-refractivity contribution < 1.29 is 19.1 Å². The molecule has 154 valence electrons. The summed E-state index contributed by atoms with van der Waals surface area (Å²) in [6, 6.07) is 5.07. The highest BCUT2D eigenvalue weighted by molar-refractivity contribution is 5.95. The number of esters is 1. The monoisotopic (exact) mass is 388 g/mol. The predicted octanol–water partition coefficient (Wildman–Crippen LogP) is 2.86. The molecule has 0 aliphatic carbocycles. The summed E-state index contributed by atoms with van der Waals surface area (Å²) in [5, 5.41) is 2.84. The lowest BCUT2D eigenvalue weighted by Crippen LogP contribution is -2.53. The van der Waals surface area contributed by atoms with Gasteiger partial charge in [-0.15, -0.1) is 0 Å². The van der Waals surface area contributed by atoms with Crippen molar-refractivity contribution in [1.82, 2.24) is 10.2 Å². The molecule has 0 aromatic heterocycles. The van der Waals surface area contributed by atoms with Crippen LogP contribution in [-0.2, 0) is 14.3 Å². The number of methoxy groups -OCH3 is 1. The summed E-state index contributed by atoms with van der Waals surface area (Å²) in [5.74, 6) is -1.05. The Hall–Kier alpha value is -2.37. The summed E-state index contributed by atoms with van der Waals surface area (Å²) in [7, 11) is 1.32. The molecule has 1 aliphatic heterocycles. The average Bonchev–Trinajstić information content (AvgIpc) is 2.63. The van der Waals surface area contributed by atoms with Gasteiger partial charge in [0.15, 0.2) is 0 Å². The first-order valence-electron chi connectivity index (χ1n) is 9.78. The van der Waals surface area contributed by atoms with Crippen LogP contribution in [0.1, 0.15) is 55.1 Å². The van der Waals surface area contributed by atoms with Crippen LogP contribution >= 0.6 is 0 Å². The third-order valence-electron chi connectivity index (χ3n) is 5.14. The molecule has 1 fully saturated rings. The summed E-state index contributed by atoms with van der Waals surface area (Å²) in [6.45, 7) is 10.6. The maximum absolute atomic E-state index is 12.9. The summed E-state index contributed by atoms with van der Waals surface area (Å²) in [4.78, 5) is 39.6. The van der Waals surface area contributed by atoms with Crippen LogP contribution in [0.25, 0.3) is 0 Å². The summed E-state index contributed by atoms with van der Waals surface area (Å²) in [6.07, 6.45) is 1.45. The number of hydrogen-bond acceptors (Lipinski definition) is 4. The highest BCUT2D eigenvalue weighted by Gasteiger charge is 2.36. The van der Waals surface area contributed by atoms with E-state index in [1.807, 2.05) is 52.8 Å². The molecule has 0 unspecified atom stereocenters. The van der Waals surface area contributed by atoms with Gasteiger partial charge >= 0.3 is 5.97 Å². The fourth-order valence-corrected chi connectivity index (χ4v) is 3.66. The molecule has 6 heteroatoms. The Morgan fingerprint density at radius 1 is 1.14 bits per heavy atom. The number of aryl methyl sites for hydroxylation is 2. The smallest absolute Gasteiger partial charge is 0.328 e. The van der Waals surface area contributed by atoms with E-state index >= 15 is 0 Å². The molecule has 1 heterocycles. The number of nitrogens with zero attached hydrogens (tertiary/aromatic N) is 1. The van der Waals surface area contributed by atoms with Crippen molar-refractivity contribution in [2.75, 3.05) is 20.2 Å². The van der Waals surface area contributed by atoms with E-state index in [0.717, 1.165) is 17.5 Å². The number of piperidine rings is 1. The minimum Gasteiger partial charge on any atom is -0.467 e. The highest BCUT2D eigenvalue weighted by Crippen LogP contribution is 2.24. The van der Waals surface area contributed by atoms with Gasteiger partial charge in [-0.25, -0.2) is 4.79 Å². The van der Waals surface area contributed by atoms with Crippen molar-refractivity contribution in [3.05, 3.63) is 34.9 Å². The van der Waals surface area contributed by atoms with Crippen LogP contribution < -0.4 is 5.32 Å². The number of carbonyl (C=O) groups is 3. The zero-order chi connectivity index (χ0) is 21.1. The Balaban J connectivity index is 2.10. The molecule has 2 rings (SSSR count). The van der Waals surface area contributed by atoms with E-state index in [-0.39, 0.29) is 17.7 Å². The van der Waals surface area contributed by atoms with Gasteiger partial charge in [-0.1, -0.05) is 38.0 Å². The lowest BCUT2D eigenvalue weighted by molar-refractivity contribution is -0.149. The summed E-state index contributed by atoms with van der Waals surface area (Å²) < 4.78 is 4.85. The van der Waals surface area contributed by atoms with Crippen LogP contribution in [0.5, 0.6) is 0 Å². The maximum atomic E-state index is 12.9. The van der Waals surface area contributed by atoms with Gasteiger partial charge in [0.1, 0.15) is 6.04 Å². The van der Waals surface area contributed by atoms with Gasteiger partial charge < -0.3 is 15.0 Å². The van der Waals surface area contributed by atoms with Crippen LogP contribution in [-0.4, -0.2) is 48.9 Å². The number of rotatable bonds is 4. The fraction of sp³-hybridized carbons (Fsp3) is 0.591. The van der Waals surface area contributed by atoms with Crippen LogP contribution in [0, 0.1) is 25.2 Å². The normalized spacial score (nSPS) is 18.4. The van der Waals surface area contributed by atoms with E-state index in [0.29, 0.717) is 25.1 Å². The number of benzene rings is 1. The zero-order valence-corrected chi connectivity index (χ0v) is 17.8. The Bertz CT molecular complexity index is 731. The van der Waals surface area contributed by atoms with Gasteiger partial charge in [-0.05, 0) is 44.2 Å². The molecule has 6 nitrogen and oxygen atoms in total. The first-order valence-corrected chi connectivity index (χ1v) is 9.78. The third-order valence-corrected chi connectivity index (χ3v) is 5.14. The second-order valence-corrected chi connectivity index (χ2v) is 8.80. The minimum absolute atomic E-state index is 0.0513. The molecule has 0 radical (unpaired) electrons. The van der Waals surface area contributed by atoms with Crippen molar-refractivity contribution in [2.24, 2.45) is 11.3 Å². The molecule has 28 heavy (non-hydrogen) atoms. The zero-order valence-electron chi connectivity index (χ0n) is 17.8. The van der Waals surface area contributed by atoms with Gasteiger partial charge in [-0.3, -0.25) is 9.59 Å². The third kappa shape index (κ3) is 5.33. The predicted molar refractivity (Wildman–Crippen MR) is 108 cm³/mol. The molecule has 0 bridgehead atoms. The number of amides is 2. The van der Waals surface area contributed by atoms with Crippen molar-refractivity contribution in [3.8, 4) is 0 Å². The van der Waals surface area contributed by atoms with E-state index in [1.165, 1.54) is 7.11 Å². The van der Waals surface area contributed by atoms with E-state index in [2.05, 4.69) is 5.32 Å². The minimum atomic E-state index is -0.726. The largest absolute Gasteiger partial charge is 0.467 e. The van der Waals surface area contributed by atoms with Gasteiger partial charge in [0, 0.05) is 18.7 Å². The Labute approximate surface area is 167 Å². The first kappa shape index (κ1) is 21.9. The molecule has 1 aromatic carbocycles. The first-order chi connectivity index (χ1) is 13.0. The molecule has 2 amide bonds. The van der Waals surface area contributed by atoms with Gasteiger partial charge in [0.05, 0.1) is 13.0 Å². The van der Waals surface area contributed by atoms with Crippen molar-refractivity contribution in [3.63, 3.8) is 0 Å². The van der Waals surface area contributed by atoms with Gasteiger partial charge in [0.2, 0.25) is 5.91 Å². The van der Waals surface area contributed by atoms with Gasteiger partial charge in [0.25, 0.3) is 5.91 Å². The lowest BCUT2D eigenvalue weighted by Gasteiger charge is -2.35. The van der Waals surface area contributed by atoms with Crippen molar-refractivity contribution >= 4 is 17.8 Å². The standard InChI is InChI=1S/C22H32N2O4/c1-14-10-15(2)12-17(11-14)20(26)24-9-7-8-16(13-24)19(25)23-18(21(27)28-6)22(3,4)5/h10-12,16,18H,7-9,13H2,1-6H3,(H,23,25)/t16-,18-/m0/s1. The topological polar surface area (TPSA) is 75.7 Å². The molecule has 0 spiro atoms. The second-order valence-electron chi connectivity index (χ2n) is 8.80. The Morgan fingerprint density at radius 2 is 1.75 bits per heavy atom. The van der Waals surface area contributed by atoms with E-state index in [9.17, 15) is 14.4 Å². The molecule has 1 saturated heterocycles.